The Bertz CT molecular complexity index is 1030. The van der Waals surface area contributed by atoms with Gasteiger partial charge in [0.2, 0.25) is 0 Å². The fourth-order valence-electron chi connectivity index (χ4n) is 2.85. The lowest BCUT2D eigenvalue weighted by Crippen LogP contribution is -2.19. The van der Waals surface area contributed by atoms with Crippen LogP contribution in [0.2, 0.25) is 0 Å². The summed E-state index contributed by atoms with van der Waals surface area (Å²) in [7, 11) is 2.01. The third-order valence-electron chi connectivity index (χ3n) is 4.13. The number of nitrogens with one attached hydrogen (secondary N) is 1. The van der Waals surface area contributed by atoms with Crippen molar-refractivity contribution in [3.05, 3.63) is 70.8 Å². The minimum Gasteiger partial charge on any atom is -0.350 e. The lowest BCUT2D eigenvalue weighted by molar-refractivity contribution is -0.115. The molecular formula is C20H17N3OS. The summed E-state index contributed by atoms with van der Waals surface area (Å²) >= 11 is 1.37. The summed E-state index contributed by atoms with van der Waals surface area (Å²) in [5, 5.41) is 4.59. The molecule has 1 aliphatic heterocycles. The van der Waals surface area contributed by atoms with E-state index in [0.717, 1.165) is 22.2 Å². The summed E-state index contributed by atoms with van der Waals surface area (Å²) < 4.78 is 2.07. The van der Waals surface area contributed by atoms with Gasteiger partial charge >= 0.3 is 0 Å². The topological polar surface area (TPSA) is 46.4 Å². The van der Waals surface area contributed by atoms with E-state index in [-0.39, 0.29) is 5.91 Å². The first-order valence-corrected chi connectivity index (χ1v) is 8.82. The molecule has 2 aromatic carbocycles. The third-order valence-corrected chi connectivity index (χ3v) is 5.04. The number of aryl methyl sites for hydroxylation is 2. The monoisotopic (exact) mass is 347 g/mol. The van der Waals surface area contributed by atoms with Gasteiger partial charge in [-0.25, -0.2) is 4.99 Å². The van der Waals surface area contributed by atoms with Crippen molar-refractivity contribution in [2.75, 3.05) is 0 Å². The number of benzene rings is 2. The van der Waals surface area contributed by atoms with E-state index in [1.54, 1.807) is 0 Å². The number of nitrogens with zero attached hydrogens (tertiary/aromatic N) is 2. The Morgan fingerprint density at radius 3 is 2.68 bits per heavy atom. The Morgan fingerprint density at radius 2 is 1.88 bits per heavy atom. The Balaban J connectivity index is 1.66. The highest BCUT2D eigenvalue weighted by Gasteiger charge is 2.24. The molecule has 0 atom stereocenters. The first-order chi connectivity index (χ1) is 12.1. The van der Waals surface area contributed by atoms with Gasteiger partial charge in [-0.05, 0) is 43.0 Å². The fourth-order valence-corrected chi connectivity index (χ4v) is 3.68. The van der Waals surface area contributed by atoms with Crippen LogP contribution in [-0.2, 0) is 11.8 Å². The molecule has 3 aromatic rings. The van der Waals surface area contributed by atoms with Gasteiger partial charge in [-0.15, -0.1) is 0 Å². The average molecular weight is 347 g/mol. The van der Waals surface area contributed by atoms with Gasteiger partial charge in [0.05, 0.1) is 10.6 Å². The minimum absolute atomic E-state index is 0.108. The Kier molecular flexibility index (Phi) is 3.93. The van der Waals surface area contributed by atoms with E-state index in [1.165, 1.54) is 17.3 Å². The van der Waals surface area contributed by atoms with Gasteiger partial charge in [-0.2, -0.15) is 0 Å². The SMILES string of the molecule is Cc1ccc(N=C2NC(=O)/C(=C/c3cn(C)c4ccccc34)S2)cc1. The molecule has 0 saturated carbocycles. The third kappa shape index (κ3) is 3.10. The predicted molar refractivity (Wildman–Crippen MR) is 105 cm³/mol. The van der Waals surface area contributed by atoms with Crippen molar-refractivity contribution >= 4 is 45.5 Å². The van der Waals surface area contributed by atoms with Gasteiger partial charge in [0.1, 0.15) is 0 Å². The van der Waals surface area contributed by atoms with Crippen LogP contribution in [0.15, 0.2) is 64.6 Å². The van der Waals surface area contributed by atoms with Gasteiger partial charge < -0.3 is 9.88 Å². The summed E-state index contributed by atoms with van der Waals surface area (Å²) in [5.74, 6) is -0.108. The van der Waals surface area contributed by atoms with E-state index in [1.807, 2.05) is 62.6 Å². The molecule has 124 valence electrons. The molecule has 1 aliphatic rings. The summed E-state index contributed by atoms with van der Waals surface area (Å²) in [6, 6.07) is 16.1. The van der Waals surface area contributed by atoms with Crippen LogP contribution in [0.25, 0.3) is 17.0 Å². The molecule has 0 bridgehead atoms. The molecule has 0 unspecified atom stereocenters. The van der Waals surface area contributed by atoms with Crippen LogP contribution in [0, 0.1) is 6.92 Å². The second-order valence-electron chi connectivity index (χ2n) is 6.03. The number of amides is 1. The molecule has 1 N–H and O–H groups in total. The van der Waals surface area contributed by atoms with E-state index in [0.29, 0.717) is 10.1 Å². The van der Waals surface area contributed by atoms with Crippen molar-refractivity contribution in [1.82, 2.24) is 9.88 Å². The molecule has 1 aromatic heterocycles. The number of thioether (sulfide) groups is 1. The van der Waals surface area contributed by atoms with Crippen LogP contribution < -0.4 is 5.32 Å². The highest BCUT2D eigenvalue weighted by atomic mass is 32.2. The smallest absolute Gasteiger partial charge is 0.264 e. The molecule has 1 saturated heterocycles. The molecule has 4 rings (SSSR count). The number of aliphatic imine (C=N–C) groups is 1. The second-order valence-corrected chi connectivity index (χ2v) is 7.06. The normalized spacial score (nSPS) is 17.6. The van der Waals surface area contributed by atoms with Crippen molar-refractivity contribution in [3.8, 4) is 0 Å². The molecule has 1 amide bonds. The van der Waals surface area contributed by atoms with E-state index in [9.17, 15) is 4.79 Å². The van der Waals surface area contributed by atoms with E-state index >= 15 is 0 Å². The zero-order valence-electron chi connectivity index (χ0n) is 14.0. The van der Waals surface area contributed by atoms with Gasteiger partial charge in [-0.3, -0.25) is 4.79 Å². The number of hydrogen-bond acceptors (Lipinski definition) is 3. The maximum Gasteiger partial charge on any atom is 0.264 e. The molecule has 1 fully saturated rings. The van der Waals surface area contributed by atoms with E-state index in [4.69, 9.17) is 0 Å². The standard InChI is InChI=1S/C20H17N3OS/c1-13-7-9-15(10-8-13)21-20-22-19(24)18(25-20)11-14-12-23(2)17-6-4-3-5-16(14)17/h3-12H,1-2H3,(H,21,22,24)/b18-11-. The molecule has 25 heavy (non-hydrogen) atoms. The molecule has 5 heteroatoms. The Labute approximate surface area is 150 Å². The van der Waals surface area contributed by atoms with Crippen LogP contribution in [0.1, 0.15) is 11.1 Å². The molecule has 0 aliphatic carbocycles. The van der Waals surface area contributed by atoms with Crippen molar-refractivity contribution in [3.63, 3.8) is 0 Å². The first-order valence-electron chi connectivity index (χ1n) is 8.00. The summed E-state index contributed by atoms with van der Waals surface area (Å²) in [5.41, 5.74) is 4.20. The van der Waals surface area contributed by atoms with Gasteiger partial charge in [0, 0.05) is 29.7 Å². The largest absolute Gasteiger partial charge is 0.350 e. The molecule has 0 spiro atoms. The number of rotatable bonds is 2. The second kappa shape index (κ2) is 6.26. The Hall–Kier alpha value is -2.79. The van der Waals surface area contributed by atoms with Gasteiger partial charge in [-0.1, -0.05) is 35.9 Å². The summed E-state index contributed by atoms with van der Waals surface area (Å²) in [6.45, 7) is 2.04. The van der Waals surface area contributed by atoms with E-state index in [2.05, 4.69) is 27.0 Å². The molecule has 2 heterocycles. The summed E-state index contributed by atoms with van der Waals surface area (Å²) in [4.78, 5) is 17.5. The lowest BCUT2D eigenvalue weighted by atomic mass is 10.1. The highest BCUT2D eigenvalue weighted by Crippen LogP contribution is 2.30. The number of para-hydroxylation sites is 1. The van der Waals surface area contributed by atoms with Crippen LogP contribution >= 0.6 is 11.8 Å². The number of carbonyl (C=O) groups excluding carboxylic acids is 1. The maximum atomic E-state index is 12.3. The van der Waals surface area contributed by atoms with Crippen molar-refractivity contribution in [2.45, 2.75) is 6.92 Å². The average Bonchev–Trinajstić information content (AvgIpc) is 3.11. The van der Waals surface area contributed by atoms with Crippen LogP contribution in [0.5, 0.6) is 0 Å². The van der Waals surface area contributed by atoms with Gasteiger partial charge in [0.15, 0.2) is 5.17 Å². The van der Waals surface area contributed by atoms with Crippen LogP contribution in [0.3, 0.4) is 0 Å². The number of hydrogen-bond donors (Lipinski definition) is 1. The first kappa shape index (κ1) is 15.7. The zero-order valence-corrected chi connectivity index (χ0v) is 14.8. The van der Waals surface area contributed by atoms with Crippen molar-refractivity contribution in [2.24, 2.45) is 12.0 Å². The van der Waals surface area contributed by atoms with Crippen molar-refractivity contribution < 1.29 is 4.79 Å². The maximum absolute atomic E-state index is 12.3. The van der Waals surface area contributed by atoms with E-state index < -0.39 is 0 Å². The van der Waals surface area contributed by atoms with Crippen molar-refractivity contribution in [1.29, 1.82) is 0 Å². The lowest BCUT2D eigenvalue weighted by Gasteiger charge is -1.96. The molecule has 4 nitrogen and oxygen atoms in total. The highest BCUT2D eigenvalue weighted by molar-refractivity contribution is 8.18. The van der Waals surface area contributed by atoms with Gasteiger partial charge in [0.25, 0.3) is 5.91 Å². The Morgan fingerprint density at radius 1 is 1.12 bits per heavy atom. The molecule has 0 radical (unpaired) electrons. The number of fused-ring (bicyclic) bond motifs is 1. The quantitative estimate of drug-likeness (QED) is 0.699. The van der Waals surface area contributed by atoms with Crippen LogP contribution in [-0.4, -0.2) is 15.6 Å². The summed E-state index contributed by atoms with van der Waals surface area (Å²) in [6.07, 6.45) is 3.97. The zero-order chi connectivity index (χ0) is 17.4. The fraction of sp³-hybridized carbons (Fsp3) is 0.100. The minimum atomic E-state index is -0.108. The number of aromatic nitrogens is 1. The number of amidine groups is 1. The van der Waals surface area contributed by atoms with Crippen LogP contribution in [0.4, 0.5) is 5.69 Å². The predicted octanol–water partition coefficient (Wildman–Crippen LogP) is 4.38. The molecular weight excluding hydrogens is 330 g/mol. The number of carbonyl (C=O) groups is 1.